The van der Waals surface area contributed by atoms with Crippen molar-refractivity contribution in [2.75, 3.05) is 0 Å². The fourth-order valence-electron chi connectivity index (χ4n) is 1.14. The highest BCUT2D eigenvalue weighted by atomic mass is 16.6. The van der Waals surface area contributed by atoms with E-state index in [0.29, 0.717) is 12.8 Å². The average molecular weight is 231 g/mol. The summed E-state index contributed by atoms with van der Waals surface area (Å²) in [5.41, 5.74) is -0.509. The maximum Gasteiger partial charge on any atom is 0.407 e. The van der Waals surface area contributed by atoms with Crippen molar-refractivity contribution in [2.24, 2.45) is 0 Å². The summed E-state index contributed by atoms with van der Waals surface area (Å²) >= 11 is 0. The Labute approximate surface area is 96.2 Å². The molecule has 0 radical (unpaired) electrons. The van der Waals surface area contributed by atoms with Crippen molar-refractivity contribution in [3.05, 3.63) is 0 Å². The summed E-state index contributed by atoms with van der Waals surface area (Å²) in [4.78, 5) is 21.6. The van der Waals surface area contributed by atoms with Gasteiger partial charge in [-0.05, 0) is 40.5 Å². The summed E-state index contributed by atoms with van der Waals surface area (Å²) in [5.74, 6) is -0.815. The van der Waals surface area contributed by atoms with Crippen LogP contribution in [0.15, 0.2) is 0 Å². The Bertz CT molecular complexity index is 245. The molecule has 0 aliphatic rings. The number of carbonyl (C=O) groups excluding carboxylic acids is 1. The third-order valence-electron chi connectivity index (χ3n) is 1.79. The van der Waals surface area contributed by atoms with E-state index in [9.17, 15) is 9.59 Å². The largest absolute Gasteiger partial charge is 0.481 e. The van der Waals surface area contributed by atoms with Crippen LogP contribution in [-0.2, 0) is 9.53 Å². The van der Waals surface area contributed by atoms with Crippen molar-refractivity contribution in [3.63, 3.8) is 0 Å². The van der Waals surface area contributed by atoms with Gasteiger partial charge >= 0.3 is 12.1 Å². The number of carbonyl (C=O) groups is 2. The second-order valence-corrected chi connectivity index (χ2v) is 4.83. The highest BCUT2D eigenvalue weighted by molar-refractivity contribution is 5.68. The predicted octanol–water partition coefficient (Wildman–Crippen LogP) is 2.15. The van der Waals surface area contributed by atoms with Crippen molar-refractivity contribution in [1.29, 1.82) is 0 Å². The standard InChI is InChI=1S/C11H21NO4/c1-8(6-5-7-9(13)14)12-10(15)16-11(2,3)4/h8H,5-7H2,1-4H3,(H,12,15)(H,13,14). The molecule has 0 saturated carbocycles. The summed E-state index contributed by atoms with van der Waals surface area (Å²) < 4.78 is 5.07. The summed E-state index contributed by atoms with van der Waals surface area (Å²) in [6.07, 6.45) is 0.841. The molecule has 16 heavy (non-hydrogen) atoms. The molecule has 0 aromatic rings. The van der Waals surface area contributed by atoms with Crippen LogP contribution in [0.5, 0.6) is 0 Å². The fourth-order valence-corrected chi connectivity index (χ4v) is 1.14. The zero-order valence-electron chi connectivity index (χ0n) is 10.4. The number of amides is 1. The summed E-state index contributed by atoms with van der Waals surface area (Å²) in [5, 5.41) is 11.1. The molecule has 0 aliphatic carbocycles. The Hall–Kier alpha value is -1.26. The summed E-state index contributed by atoms with van der Waals surface area (Å²) in [7, 11) is 0. The molecule has 0 rings (SSSR count). The lowest BCUT2D eigenvalue weighted by Crippen LogP contribution is -2.37. The van der Waals surface area contributed by atoms with E-state index >= 15 is 0 Å². The zero-order chi connectivity index (χ0) is 12.8. The van der Waals surface area contributed by atoms with Crippen LogP contribution in [0, 0.1) is 0 Å². The van der Waals surface area contributed by atoms with E-state index < -0.39 is 17.7 Å². The van der Waals surface area contributed by atoms with Gasteiger partial charge in [0.05, 0.1) is 0 Å². The molecule has 0 saturated heterocycles. The average Bonchev–Trinajstić information content (AvgIpc) is 1.98. The highest BCUT2D eigenvalue weighted by Crippen LogP contribution is 2.07. The first-order valence-corrected chi connectivity index (χ1v) is 5.42. The molecule has 2 N–H and O–H groups in total. The van der Waals surface area contributed by atoms with Crippen molar-refractivity contribution in [1.82, 2.24) is 5.32 Å². The van der Waals surface area contributed by atoms with Crippen molar-refractivity contribution >= 4 is 12.1 Å². The summed E-state index contributed by atoms with van der Waals surface area (Å²) in [6.45, 7) is 7.21. The van der Waals surface area contributed by atoms with Gasteiger partial charge in [-0.15, -0.1) is 0 Å². The van der Waals surface area contributed by atoms with Gasteiger partial charge < -0.3 is 15.2 Å². The van der Waals surface area contributed by atoms with Crippen LogP contribution in [0.25, 0.3) is 0 Å². The van der Waals surface area contributed by atoms with Crippen LogP contribution >= 0.6 is 0 Å². The molecule has 0 bridgehead atoms. The number of rotatable bonds is 5. The zero-order valence-corrected chi connectivity index (χ0v) is 10.4. The molecule has 0 aromatic heterocycles. The lowest BCUT2D eigenvalue weighted by Gasteiger charge is -2.21. The predicted molar refractivity (Wildman–Crippen MR) is 60.3 cm³/mol. The minimum atomic E-state index is -0.815. The van der Waals surface area contributed by atoms with Crippen LogP contribution in [0.1, 0.15) is 47.0 Å². The Morgan fingerprint density at radius 1 is 1.38 bits per heavy atom. The molecule has 0 heterocycles. The topological polar surface area (TPSA) is 75.6 Å². The molecule has 0 aliphatic heterocycles. The Kier molecular flexibility index (Phi) is 5.85. The van der Waals surface area contributed by atoms with Gasteiger partial charge in [0.1, 0.15) is 5.60 Å². The van der Waals surface area contributed by atoms with E-state index in [1.54, 1.807) is 20.8 Å². The van der Waals surface area contributed by atoms with Crippen LogP contribution in [0.2, 0.25) is 0 Å². The number of carboxylic acids is 1. The van der Waals surface area contributed by atoms with Crippen molar-refractivity contribution in [3.8, 4) is 0 Å². The summed E-state index contributed by atoms with van der Waals surface area (Å²) in [6, 6.07) is -0.0748. The first-order valence-electron chi connectivity index (χ1n) is 5.42. The maximum absolute atomic E-state index is 11.3. The quantitative estimate of drug-likeness (QED) is 0.760. The molecule has 1 unspecified atom stereocenters. The number of carboxylic acid groups (broad SMARTS) is 1. The number of nitrogens with one attached hydrogen (secondary N) is 1. The number of ether oxygens (including phenoxy) is 1. The number of hydrogen-bond acceptors (Lipinski definition) is 3. The van der Waals surface area contributed by atoms with Crippen LogP contribution in [0.4, 0.5) is 4.79 Å². The minimum Gasteiger partial charge on any atom is -0.481 e. The SMILES string of the molecule is CC(CCCC(=O)O)NC(=O)OC(C)(C)C. The number of aliphatic carboxylic acids is 1. The van der Waals surface area contributed by atoms with E-state index in [0.717, 1.165) is 0 Å². The molecule has 1 atom stereocenters. The molecule has 0 fully saturated rings. The van der Waals surface area contributed by atoms with E-state index in [1.165, 1.54) is 0 Å². The van der Waals surface area contributed by atoms with Gasteiger partial charge in [0, 0.05) is 12.5 Å². The van der Waals surface area contributed by atoms with Crippen LogP contribution < -0.4 is 5.32 Å². The molecule has 0 spiro atoms. The molecule has 94 valence electrons. The first kappa shape index (κ1) is 14.7. The minimum absolute atomic E-state index is 0.0748. The monoisotopic (exact) mass is 231 g/mol. The van der Waals surface area contributed by atoms with Gasteiger partial charge in [0.25, 0.3) is 0 Å². The molecular formula is C11H21NO4. The van der Waals surface area contributed by atoms with E-state index in [2.05, 4.69) is 5.32 Å². The highest BCUT2D eigenvalue weighted by Gasteiger charge is 2.17. The van der Waals surface area contributed by atoms with Gasteiger partial charge in [0.15, 0.2) is 0 Å². The smallest absolute Gasteiger partial charge is 0.407 e. The van der Waals surface area contributed by atoms with Gasteiger partial charge in [-0.3, -0.25) is 4.79 Å². The maximum atomic E-state index is 11.3. The third kappa shape index (κ3) is 9.30. The molecule has 5 nitrogen and oxygen atoms in total. The van der Waals surface area contributed by atoms with Gasteiger partial charge in [0.2, 0.25) is 0 Å². The van der Waals surface area contributed by atoms with Gasteiger partial charge in [-0.25, -0.2) is 4.79 Å². The number of hydrogen-bond donors (Lipinski definition) is 2. The Balaban J connectivity index is 3.74. The Morgan fingerprint density at radius 3 is 2.38 bits per heavy atom. The lowest BCUT2D eigenvalue weighted by atomic mass is 10.1. The molecule has 1 amide bonds. The normalized spacial score (nSPS) is 13.0. The molecule has 5 heteroatoms. The van der Waals surface area contributed by atoms with Crippen molar-refractivity contribution < 1.29 is 19.4 Å². The van der Waals surface area contributed by atoms with Crippen molar-refractivity contribution in [2.45, 2.75) is 58.6 Å². The van der Waals surface area contributed by atoms with Gasteiger partial charge in [-0.2, -0.15) is 0 Å². The first-order chi connectivity index (χ1) is 7.20. The van der Waals surface area contributed by atoms with Gasteiger partial charge in [-0.1, -0.05) is 0 Å². The van der Waals surface area contributed by atoms with E-state index in [4.69, 9.17) is 9.84 Å². The third-order valence-corrected chi connectivity index (χ3v) is 1.79. The van der Waals surface area contributed by atoms with Crippen LogP contribution in [0.3, 0.4) is 0 Å². The fraction of sp³-hybridized carbons (Fsp3) is 0.818. The second-order valence-electron chi connectivity index (χ2n) is 4.83. The molecular weight excluding hydrogens is 210 g/mol. The molecule has 0 aromatic carbocycles. The lowest BCUT2D eigenvalue weighted by molar-refractivity contribution is -0.137. The Morgan fingerprint density at radius 2 is 1.94 bits per heavy atom. The van der Waals surface area contributed by atoms with Crippen LogP contribution in [-0.4, -0.2) is 28.8 Å². The number of alkyl carbamates (subject to hydrolysis) is 1. The second kappa shape index (κ2) is 6.35. The van der Waals surface area contributed by atoms with E-state index in [1.807, 2.05) is 6.92 Å². The van der Waals surface area contributed by atoms with E-state index in [-0.39, 0.29) is 12.5 Å².